The minimum atomic E-state index is -0.926. The predicted molar refractivity (Wildman–Crippen MR) is 105 cm³/mol. The quantitative estimate of drug-likeness (QED) is 0.642. The van der Waals surface area contributed by atoms with Crippen LogP contribution in [-0.2, 0) is 4.79 Å². The Bertz CT molecular complexity index is 1020. The van der Waals surface area contributed by atoms with Crippen LogP contribution in [0.2, 0.25) is 0 Å². The van der Waals surface area contributed by atoms with Crippen LogP contribution in [0.25, 0.3) is 17.1 Å². The van der Waals surface area contributed by atoms with E-state index in [1.165, 1.54) is 6.07 Å². The van der Waals surface area contributed by atoms with Gasteiger partial charge in [0.1, 0.15) is 5.82 Å². The van der Waals surface area contributed by atoms with Crippen LogP contribution in [0.1, 0.15) is 12.5 Å². The first-order chi connectivity index (χ1) is 13.4. The minimum Gasteiger partial charge on any atom is -0.351 e. The molecule has 7 nitrogen and oxygen atoms in total. The normalized spacial score (nSPS) is 11.8. The number of carbonyl (C=O) groups is 2. The van der Waals surface area contributed by atoms with Gasteiger partial charge in [0.15, 0.2) is 11.0 Å². The fourth-order valence-corrected chi connectivity index (χ4v) is 3.39. The van der Waals surface area contributed by atoms with Crippen molar-refractivity contribution >= 4 is 23.7 Å². The highest BCUT2D eigenvalue weighted by Gasteiger charge is 2.23. The second-order valence-corrected chi connectivity index (χ2v) is 7.38. The van der Waals surface area contributed by atoms with Crippen LogP contribution >= 0.6 is 11.8 Å². The van der Waals surface area contributed by atoms with E-state index in [0.29, 0.717) is 11.0 Å². The Morgan fingerprint density at radius 1 is 1.14 bits per heavy atom. The molecule has 0 spiro atoms. The third-order valence-corrected chi connectivity index (χ3v) is 4.98. The van der Waals surface area contributed by atoms with Gasteiger partial charge in [0, 0.05) is 5.69 Å². The lowest BCUT2D eigenvalue weighted by Crippen LogP contribution is -2.39. The number of hydrogen-bond acceptors (Lipinski definition) is 5. The Morgan fingerprint density at radius 2 is 1.82 bits per heavy atom. The molecular formula is C19H18FN5O2S. The Labute approximate surface area is 165 Å². The number of primary amides is 1. The monoisotopic (exact) mass is 399 g/mol. The maximum atomic E-state index is 14.4. The number of nitrogens with one attached hydrogen (secondary N) is 1. The summed E-state index contributed by atoms with van der Waals surface area (Å²) in [6.45, 7) is 3.57. The van der Waals surface area contributed by atoms with Crippen molar-refractivity contribution in [3.63, 3.8) is 0 Å². The lowest BCUT2D eigenvalue weighted by Gasteiger charge is -2.13. The lowest BCUT2D eigenvalue weighted by molar-refractivity contribution is -0.119. The van der Waals surface area contributed by atoms with Crippen molar-refractivity contribution in [2.45, 2.75) is 24.3 Å². The van der Waals surface area contributed by atoms with E-state index in [0.717, 1.165) is 23.0 Å². The highest BCUT2D eigenvalue weighted by atomic mass is 32.2. The van der Waals surface area contributed by atoms with Crippen LogP contribution in [0.5, 0.6) is 0 Å². The number of thioether (sulfide) groups is 1. The van der Waals surface area contributed by atoms with Crippen LogP contribution in [0.3, 0.4) is 0 Å². The van der Waals surface area contributed by atoms with Gasteiger partial charge in [0.05, 0.1) is 10.8 Å². The van der Waals surface area contributed by atoms with Gasteiger partial charge in [-0.05, 0) is 38.1 Å². The van der Waals surface area contributed by atoms with E-state index in [1.807, 2.05) is 36.5 Å². The van der Waals surface area contributed by atoms with Gasteiger partial charge in [-0.1, -0.05) is 41.6 Å². The van der Waals surface area contributed by atoms with E-state index in [4.69, 9.17) is 5.73 Å². The van der Waals surface area contributed by atoms with Crippen molar-refractivity contribution in [1.29, 1.82) is 0 Å². The SMILES string of the molecule is Cc1ccc(-n2c(S[C@H](C)C(=O)NC(N)=O)nnc2-c2ccccc2F)cc1. The van der Waals surface area contributed by atoms with E-state index in [-0.39, 0.29) is 5.56 Å². The number of halogens is 1. The zero-order valence-electron chi connectivity index (χ0n) is 15.2. The number of benzene rings is 2. The first-order valence-corrected chi connectivity index (χ1v) is 9.29. The number of urea groups is 1. The van der Waals surface area contributed by atoms with Crippen molar-refractivity contribution in [3.05, 3.63) is 59.9 Å². The van der Waals surface area contributed by atoms with Crippen LogP contribution in [0.4, 0.5) is 9.18 Å². The molecule has 0 unspecified atom stereocenters. The summed E-state index contributed by atoms with van der Waals surface area (Å²) in [6.07, 6.45) is 0. The molecule has 9 heteroatoms. The Kier molecular flexibility index (Phi) is 5.74. The van der Waals surface area contributed by atoms with Gasteiger partial charge in [0.2, 0.25) is 5.91 Å². The predicted octanol–water partition coefficient (Wildman–Crippen LogP) is 3.06. The fraction of sp³-hybridized carbons (Fsp3) is 0.158. The molecule has 0 bridgehead atoms. The van der Waals surface area contributed by atoms with Crippen molar-refractivity contribution < 1.29 is 14.0 Å². The van der Waals surface area contributed by atoms with Crippen molar-refractivity contribution in [2.75, 3.05) is 0 Å². The van der Waals surface area contributed by atoms with Gasteiger partial charge in [-0.3, -0.25) is 14.7 Å². The molecule has 1 atom stereocenters. The van der Waals surface area contributed by atoms with Gasteiger partial charge < -0.3 is 5.73 Å². The molecule has 0 fully saturated rings. The van der Waals surface area contributed by atoms with E-state index in [1.54, 1.807) is 29.7 Å². The molecule has 3 N–H and O–H groups in total. The van der Waals surface area contributed by atoms with E-state index >= 15 is 0 Å². The summed E-state index contributed by atoms with van der Waals surface area (Å²) in [7, 11) is 0. The molecule has 0 aliphatic rings. The van der Waals surface area contributed by atoms with Crippen LogP contribution in [-0.4, -0.2) is 32.0 Å². The smallest absolute Gasteiger partial charge is 0.318 e. The summed E-state index contributed by atoms with van der Waals surface area (Å²) in [4.78, 5) is 23.0. The van der Waals surface area contributed by atoms with Crippen LogP contribution in [0.15, 0.2) is 53.7 Å². The molecule has 3 amide bonds. The summed E-state index contributed by atoms with van der Waals surface area (Å²) in [5.41, 5.74) is 7.07. The number of nitrogens with zero attached hydrogens (tertiary/aromatic N) is 3. The van der Waals surface area contributed by atoms with Crippen LogP contribution in [0, 0.1) is 12.7 Å². The van der Waals surface area contributed by atoms with Crippen molar-refractivity contribution in [2.24, 2.45) is 5.73 Å². The molecule has 0 aliphatic carbocycles. The minimum absolute atomic E-state index is 0.289. The number of amides is 3. The Morgan fingerprint density at radius 3 is 2.46 bits per heavy atom. The number of carbonyl (C=O) groups excluding carboxylic acids is 2. The first-order valence-electron chi connectivity index (χ1n) is 8.41. The second kappa shape index (κ2) is 8.22. The van der Waals surface area contributed by atoms with Gasteiger partial charge in [-0.15, -0.1) is 10.2 Å². The summed E-state index contributed by atoms with van der Waals surface area (Å²) in [5, 5.41) is 10.0. The summed E-state index contributed by atoms with van der Waals surface area (Å²) in [6, 6.07) is 12.9. The molecule has 2 aromatic carbocycles. The third-order valence-electron chi connectivity index (χ3n) is 3.94. The average Bonchev–Trinajstić information content (AvgIpc) is 3.05. The van der Waals surface area contributed by atoms with E-state index in [9.17, 15) is 14.0 Å². The van der Waals surface area contributed by atoms with Crippen molar-refractivity contribution in [1.82, 2.24) is 20.1 Å². The summed E-state index contributed by atoms with van der Waals surface area (Å²) in [5.74, 6) is -0.672. The topological polar surface area (TPSA) is 103 Å². The summed E-state index contributed by atoms with van der Waals surface area (Å²) >= 11 is 1.09. The molecule has 1 aromatic heterocycles. The molecule has 3 rings (SSSR count). The lowest BCUT2D eigenvalue weighted by atomic mass is 10.2. The maximum absolute atomic E-state index is 14.4. The van der Waals surface area contributed by atoms with Gasteiger partial charge in [-0.25, -0.2) is 9.18 Å². The highest BCUT2D eigenvalue weighted by molar-refractivity contribution is 8.00. The maximum Gasteiger partial charge on any atom is 0.318 e. The molecule has 28 heavy (non-hydrogen) atoms. The molecule has 1 heterocycles. The number of nitrogens with two attached hydrogens (primary N) is 1. The van der Waals surface area contributed by atoms with E-state index < -0.39 is 23.0 Å². The van der Waals surface area contributed by atoms with E-state index in [2.05, 4.69) is 10.2 Å². The largest absolute Gasteiger partial charge is 0.351 e. The van der Waals surface area contributed by atoms with Gasteiger partial charge >= 0.3 is 6.03 Å². The number of aryl methyl sites for hydroxylation is 1. The van der Waals surface area contributed by atoms with Gasteiger partial charge in [-0.2, -0.15) is 0 Å². The molecular weight excluding hydrogens is 381 g/mol. The molecule has 0 aliphatic heterocycles. The zero-order valence-corrected chi connectivity index (χ0v) is 16.0. The molecule has 144 valence electrons. The molecule has 0 radical (unpaired) electrons. The van der Waals surface area contributed by atoms with Gasteiger partial charge in [0.25, 0.3) is 0 Å². The highest BCUT2D eigenvalue weighted by Crippen LogP contribution is 2.31. The molecule has 0 saturated carbocycles. The van der Waals surface area contributed by atoms with Crippen molar-refractivity contribution in [3.8, 4) is 17.1 Å². The number of aromatic nitrogens is 3. The number of hydrogen-bond donors (Lipinski definition) is 2. The summed E-state index contributed by atoms with van der Waals surface area (Å²) < 4.78 is 16.1. The Hall–Kier alpha value is -3.20. The second-order valence-electron chi connectivity index (χ2n) is 6.07. The third kappa shape index (κ3) is 4.20. The standard InChI is InChI=1S/C19H18FN5O2S/c1-11-7-9-13(10-8-11)25-16(14-5-3-4-6-15(14)20)23-24-19(25)28-12(2)17(26)22-18(21)27/h3-10,12H,1-2H3,(H3,21,22,26,27)/t12-/m1/s1. The fourth-order valence-electron chi connectivity index (χ4n) is 2.52. The zero-order chi connectivity index (χ0) is 20.3. The molecule has 3 aromatic rings. The number of rotatable bonds is 5. The van der Waals surface area contributed by atoms with Crippen LogP contribution < -0.4 is 11.1 Å². The molecule has 0 saturated heterocycles. The number of imide groups is 1. The Balaban J connectivity index is 2.06. The first kappa shape index (κ1) is 19.6. The average molecular weight is 399 g/mol.